The maximum atomic E-state index is 13.1. The lowest BCUT2D eigenvalue weighted by Crippen LogP contribution is -2.29. The van der Waals surface area contributed by atoms with Crippen LogP contribution in [0.2, 0.25) is 0 Å². The van der Waals surface area contributed by atoms with Crippen LogP contribution in [0.4, 0.5) is 4.39 Å². The summed E-state index contributed by atoms with van der Waals surface area (Å²) in [6.45, 7) is 1.87. The molecular weight excluding hydrogens is 199 g/mol. The minimum Gasteiger partial charge on any atom is -0.271 e. The predicted octanol–water partition coefficient (Wildman–Crippen LogP) is 2.00. The van der Waals surface area contributed by atoms with Crippen LogP contribution in [0.3, 0.4) is 0 Å². The van der Waals surface area contributed by atoms with Gasteiger partial charge in [0.25, 0.3) is 0 Å². The molecule has 78 valence electrons. The Morgan fingerprint density at radius 2 is 2.21 bits per heavy atom. The lowest BCUT2D eigenvalue weighted by atomic mass is 10.1. The molecule has 0 amide bonds. The Morgan fingerprint density at radius 1 is 1.50 bits per heavy atom. The first-order valence-electron chi connectivity index (χ1n) is 4.39. The molecule has 0 heterocycles. The van der Waals surface area contributed by atoms with Gasteiger partial charge >= 0.3 is 0 Å². The molecule has 4 heteroatoms. The zero-order valence-electron chi connectivity index (χ0n) is 8.38. The Labute approximate surface area is 88.0 Å². The first-order chi connectivity index (χ1) is 6.67. The molecule has 0 spiro atoms. The van der Waals surface area contributed by atoms with Crippen molar-refractivity contribution in [1.29, 1.82) is 0 Å². The van der Waals surface area contributed by atoms with E-state index in [4.69, 9.17) is 5.84 Å². The number of thioether (sulfide) groups is 1. The van der Waals surface area contributed by atoms with E-state index in [-0.39, 0.29) is 11.9 Å². The molecule has 14 heavy (non-hydrogen) atoms. The molecule has 0 aromatic heterocycles. The zero-order chi connectivity index (χ0) is 10.6. The van der Waals surface area contributed by atoms with E-state index in [0.29, 0.717) is 0 Å². The number of hydrazine groups is 1. The van der Waals surface area contributed by atoms with E-state index in [1.165, 1.54) is 12.1 Å². The van der Waals surface area contributed by atoms with Crippen LogP contribution in [-0.2, 0) is 0 Å². The van der Waals surface area contributed by atoms with Crippen molar-refractivity contribution in [2.75, 3.05) is 12.0 Å². The molecule has 0 aliphatic rings. The van der Waals surface area contributed by atoms with E-state index in [0.717, 1.165) is 16.9 Å². The van der Waals surface area contributed by atoms with Gasteiger partial charge in [-0.1, -0.05) is 6.07 Å². The standard InChI is InChI=1S/C10H15FN2S/c1-7-3-8(5-9(11)4-7)10(13-12)6-14-2/h3-5,10,13H,6,12H2,1-2H3. The molecule has 1 unspecified atom stereocenters. The minimum atomic E-state index is -0.207. The number of nitrogens with one attached hydrogen (secondary N) is 1. The van der Waals surface area contributed by atoms with Crippen molar-refractivity contribution in [3.05, 3.63) is 35.1 Å². The van der Waals surface area contributed by atoms with Gasteiger partial charge in [-0.05, 0) is 36.4 Å². The fourth-order valence-electron chi connectivity index (χ4n) is 1.37. The van der Waals surface area contributed by atoms with Crippen molar-refractivity contribution in [2.45, 2.75) is 13.0 Å². The molecule has 1 aromatic rings. The van der Waals surface area contributed by atoms with Crippen LogP contribution in [-0.4, -0.2) is 12.0 Å². The van der Waals surface area contributed by atoms with Crippen molar-refractivity contribution < 1.29 is 4.39 Å². The van der Waals surface area contributed by atoms with Gasteiger partial charge in [-0.15, -0.1) is 0 Å². The highest BCUT2D eigenvalue weighted by molar-refractivity contribution is 7.98. The van der Waals surface area contributed by atoms with Crippen LogP contribution in [0.5, 0.6) is 0 Å². The van der Waals surface area contributed by atoms with E-state index in [9.17, 15) is 4.39 Å². The van der Waals surface area contributed by atoms with Crippen LogP contribution in [0.15, 0.2) is 18.2 Å². The molecule has 0 aliphatic carbocycles. The van der Waals surface area contributed by atoms with Crippen molar-refractivity contribution in [3.63, 3.8) is 0 Å². The molecule has 1 rings (SSSR count). The van der Waals surface area contributed by atoms with Gasteiger partial charge in [0, 0.05) is 5.75 Å². The third-order valence-electron chi connectivity index (χ3n) is 2.00. The van der Waals surface area contributed by atoms with Crippen molar-refractivity contribution in [1.82, 2.24) is 5.43 Å². The number of hydrogen-bond acceptors (Lipinski definition) is 3. The summed E-state index contributed by atoms with van der Waals surface area (Å²) in [5.74, 6) is 6.03. The molecule has 2 nitrogen and oxygen atoms in total. The van der Waals surface area contributed by atoms with Gasteiger partial charge in [0.15, 0.2) is 0 Å². The molecule has 1 aromatic carbocycles. The first kappa shape index (κ1) is 11.5. The number of hydrogen-bond donors (Lipinski definition) is 2. The number of aryl methyl sites for hydroxylation is 1. The Bertz CT molecular complexity index is 284. The molecule has 0 aliphatic heterocycles. The van der Waals surface area contributed by atoms with Crippen LogP contribution in [0.1, 0.15) is 17.2 Å². The highest BCUT2D eigenvalue weighted by Crippen LogP contribution is 2.18. The van der Waals surface area contributed by atoms with Gasteiger partial charge in [-0.3, -0.25) is 11.3 Å². The first-order valence-corrected chi connectivity index (χ1v) is 5.79. The monoisotopic (exact) mass is 214 g/mol. The largest absolute Gasteiger partial charge is 0.271 e. The van der Waals surface area contributed by atoms with Crippen molar-refractivity contribution in [3.8, 4) is 0 Å². The van der Waals surface area contributed by atoms with Gasteiger partial charge in [-0.2, -0.15) is 11.8 Å². The fraction of sp³-hybridized carbons (Fsp3) is 0.400. The van der Waals surface area contributed by atoms with E-state index < -0.39 is 0 Å². The fourth-order valence-corrected chi connectivity index (χ4v) is 2.00. The average molecular weight is 214 g/mol. The van der Waals surface area contributed by atoms with Gasteiger partial charge in [0.2, 0.25) is 0 Å². The lowest BCUT2D eigenvalue weighted by molar-refractivity contribution is 0.590. The van der Waals surface area contributed by atoms with E-state index in [2.05, 4.69) is 5.43 Å². The second-order valence-electron chi connectivity index (χ2n) is 3.24. The SMILES string of the molecule is CSCC(NN)c1cc(C)cc(F)c1. The highest BCUT2D eigenvalue weighted by atomic mass is 32.2. The summed E-state index contributed by atoms with van der Waals surface area (Å²) in [6.07, 6.45) is 2.00. The maximum Gasteiger partial charge on any atom is 0.123 e. The van der Waals surface area contributed by atoms with E-state index in [1.807, 2.05) is 19.2 Å². The number of nitrogens with two attached hydrogens (primary N) is 1. The summed E-state index contributed by atoms with van der Waals surface area (Å²) < 4.78 is 13.1. The molecule has 0 saturated carbocycles. The predicted molar refractivity (Wildman–Crippen MR) is 59.6 cm³/mol. The zero-order valence-corrected chi connectivity index (χ0v) is 9.20. The molecule has 1 atom stereocenters. The number of rotatable bonds is 4. The summed E-state index contributed by atoms with van der Waals surface area (Å²) in [6, 6.07) is 4.99. The normalized spacial score (nSPS) is 12.9. The van der Waals surface area contributed by atoms with Crippen LogP contribution >= 0.6 is 11.8 Å². The van der Waals surface area contributed by atoms with Gasteiger partial charge < -0.3 is 0 Å². The van der Waals surface area contributed by atoms with Crippen LogP contribution in [0.25, 0.3) is 0 Å². The minimum absolute atomic E-state index is 0.0133. The van der Waals surface area contributed by atoms with Crippen LogP contribution < -0.4 is 11.3 Å². The van der Waals surface area contributed by atoms with Crippen molar-refractivity contribution in [2.24, 2.45) is 5.84 Å². The summed E-state index contributed by atoms with van der Waals surface area (Å²) in [5.41, 5.74) is 4.51. The van der Waals surface area contributed by atoms with Crippen molar-refractivity contribution >= 4 is 11.8 Å². The third-order valence-corrected chi connectivity index (χ3v) is 2.67. The quantitative estimate of drug-likeness (QED) is 0.594. The number of halogens is 1. The highest BCUT2D eigenvalue weighted by Gasteiger charge is 2.09. The van der Waals surface area contributed by atoms with E-state index >= 15 is 0 Å². The summed E-state index contributed by atoms with van der Waals surface area (Å²) >= 11 is 1.68. The molecular formula is C10H15FN2S. The molecule has 0 saturated heterocycles. The van der Waals surface area contributed by atoms with Gasteiger partial charge in [0.05, 0.1) is 6.04 Å². The molecule has 3 N–H and O–H groups in total. The average Bonchev–Trinajstić information content (AvgIpc) is 2.12. The molecule has 0 bridgehead atoms. The number of benzene rings is 1. The summed E-state index contributed by atoms with van der Waals surface area (Å²) in [7, 11) is 0. The van der Waals surface area contributed by atoms with Gasteiger partial charge in [0.1, 0.15) is 5.82 Å². The Morgan fingerprint density at radius 3 is 2.71 bits per heavy atom. The second kappa shape index (κ2) is 5.34. The Balaban J connectivity index is 2.91. The molecule has 0 radical (unpaired) electrons. The van der Waals surface area contributed by atoms with Gasteiger partial charge in [-0.25, -0.2) is 4.39 Å². The smallest absolute Gasteiger partial charge is 0.123 e. The lowest BCUT2D eigenvalue weighted by Gasteiger charge is -2.15. The Kier molecular flexibility index (Phi) is 4.38. The topological polar surface area (TPSA) is 38.0 Å². The maximum absolute atomic E-state index is 13.1. The van der Waals surface area contributed by atoms with E-state index in [1.54, 1.807) is 11.8 Å². The summed E-state index contributed by atoms with van der Waals surface area (Å²) in [5, 5.41) is 0. The van der Waals surface area contributed by atoms with Crippen LogP contribution in [0, 0.1) is 12.7 Å². The second-order valence-corrected chi connectivity index (χ2v) is 4.15. The summed E-state index contributed by atoms with van der Waals surface area (Å²) in [4.78, 5) is 0. The Hall–Kier alpha value is -0.580. The third kappa shape index (κ3) is 2.97. The molecule has 0 fully saturated rings.